The van der Waals surface area contributed by atoms with Crippen molar-refractivity contribution < 1.29 is 14.0 Å². The number of nitrogens with one attached hydrogen (secondary N) is 2. The number of urea groups is 1. The molecule has 2 N–H and O–H groups in total. The first-order chi connectivity index (χ1) is 16.3. The van der Waals surface area contributed by atoms with Gasteiger partial charge in [0, 0.05) is 44.1 Å². The number of hydrogen-bond acceptors (Lipinski definition) is 3. The lowest BCUT2D eigenvalue weighted by Gasteiger charge is -2.31. The van der Waals surface area contributed by atoms with Crippen LogP contribution in [0.2, 0.25) is 0 Å². The molecule has 3 aromatic rings. The van der Waals surface area contributed by atoms with Crippen LogP contribution >= 0.6 is 0 Å². The van der Waals surface area contributed by atoms with Crippen molar-refractivity contribution in [2.24, 2.45) is 0 Å². The third kappa shape index (κ3) is 6.13. The fourth-order valence-corrected chi connectivity index (χ4v) is 3.80. The molecule has 3 amide bonds. The molecule has 7 heteroatoms. The van der Waals surface area contributed by atoms with Gasteiger partial charge in [-0.1, -0.05) is 30.3 Å². The summed E-state index contributed by atoms with van der Waals surface area (Å²) in [5.74, 6) is -0.596. The molecule has 0 saturated carbocycles. The van der Waals surface area contributed by atoms with E-state index in [0.29, 0.717) is 24.3 Å². The molecule has 178 valence electrons. The monoisotopic (exact) mass is 462 g/mol. The van der Waals surface area contributed by atoms with Crippen molar-refractivity contribution in [2.45, 2.75) is 26.4 Å². The van der Waals surface area contributed by atoms with Gasteiger partial charge in [-0.2, -0.15) is 0 Å². The summed E-state index contributed by atoms with van der Waals surface area (Å²) in [6.45, 7) is 4.64. The van der Waals surface area contributed by atoms with E-state index in [0.717, 1.165) is 16.8 Å². The van der Waals surface area contributed by atoms with Gasteiger partial charge in [0.05, 0.1) is 6.04 Å². The van der Waals surface area contributed by atoms with Gasteiger partial charge < -0.3 is 20.4 Å². The first kappa shape index (κ1) is 24.8. The van der Waals surface area contributed by atoms with Gasteiger partial charge in [0.1, 0.15) is 5.82 Å². The number of nitrogens with zero attached hydrogens (tertiary/aromatic N) is 2. The minimum atomic E-state index is -0.391. The van der Waals surface area contributed by atoms with Crippen LogP contribution in [0, 0.1) is 5.82 Å². The van der Waals surface area contributed by atoms with Gasteiger partial charge in [0.15, 0.2) is 0 Å². The van der Waals surface area contributed by atoms with Crippen LogP contribution in [0.25, 0.3) is 0 Å². The van der Waals surface area contributed by atoms with Crippen LogP contribution in [0.1, 0.15) is 41.4 Å². The molecule has 0 bridgehead atoms. The smallest absolute Gasteiger partial charge is 0.319 e. The van der Waals surface area contributed by atoms with E-state index in [1.807, 2.05) is 81.4 Å². The Morgan fingerprint density at radius 2 is 1.65 bits per heavy atom. The van der Waals surface area contributed by atoms with Crippen molar-refractivity contribution in [3.8, 4) is 0 Å². The van der Waals surface area contributed by atoms with Gasteiger partial charge in [0.25, 0.3) is 5.91 Å². The van der Waals surface area contributed by atoms with E-state index in [-0.39, 0.29) is 18.0 Å². The average Bonchev–Trinajstić information content (AvgIpc) is 2.83. The van der Waals surface area contributed by atoms with Crippen LogP contribution in [0.15, 0.2) is 72.8 Å². The Labute approximate surface area is 200 Å². The molecular weight excluding hydrogens is 431 g/mol. The predicted octanol–water partition coefficient (Wildman–Crippen LogP) is 5.44. The molecule has 0 radical (unpaired) electrons. The van der Waals surface area contributed by atoms with Gasteiger partial charge in [-0.15, -0.1) is 0 Å². The van der Waals surface area contributed by atoms with E-state index in [1.54, 1.807) is 4.90 Å². The predicted molar refractivity (Wildman–Crippen MR) is 135 cm³/mol. The van der Waals surface area contributed by atoms with Crippen molar-refractivity contribution in [2.75, 3.05) is 30.9 Å². The molecule has 0 aliphatic heterocycles. The number of hydrogen-bond donors (Lipinski definition) is 2. The second kappa shape index (κ2) is 11.3. The Hall–Kier alpha value is -3.87. The normalized spacial score (nSPS) is 11.4. The van der Waals surface area contributed by atoms with Crippen molar-refractivity contribution in [1.82, 2.24) is 10.2 Å². The van der Waals surface area contributed by atoms with E-state index in [4.69, 9.17) is 0 Å². The van der Waals surface area contributed by atoms with Crippen LogP contribution in [0.3, 0.4) is 0 Å². The van der Waals surface area contributed by atoms with Crippen molar-refractivity contribution >= 4 is 23.3 Å². The summed E-state index contributed by atoms with van der Waals surface area (Å²) in [6, 6.07) is 20.5. The summed E-state index contributed by atoms with van der Waals surface area (Å²) in [4.78, 5) is 29.4. The second-order valence-electron chi connectivity index (χ2n) is 8.25. The Kier molecular flexibility index (Phi) is 8.24. The summed E-state index contributed by atoms with van der Waals surface area (Å²) in [6.07, 6.45) is 0. The van der Waals surface area contributed by atoms with Crippen LogP contribution in [-0.4, -0.2) is 37.5 Å². The maximum absolute atomic E-state index is 13.6. The molecule has 6 nitrogen and oxygen atoms in total. The number of carbonyl (C=O) groups excluding carboxylic acids is 2. The maximum atomic E-state index is 13.6. The lowest BCUT2D eigenvalue weighted by atomic mass is 10.0. The van der Waals surface area contributed by atoms with Crippen LogP contribution in [0.5, 0.6) is 0 Å². The van der Waals surface area contributed by atoms with E-state index < -0.39 is 5.82 Å². The van der Waals surface area contributed by atoms with E-state index in [9.17, 15) is 14.0 Å². The number of halogens is 1. The molecule has 0 spiro atoms. The standard InChI is InChI=1S/C27H31FN4O2/c1-5-29-27(34)30-24-15-16-25(31(3)4)22(17-24)18-32(19(2)20-9-7-6-8-10-20)26(33)21-11-13-23(28)14-12-21/h6-17,19H,5,18H2,1-4H3,(H2,29,30,34)/t19-/m1/s1. The molecule has 0 heterocycles. The molecule has 0 aromatic heterocycles. The first-order valence-corrected chi connectivity index (χ1v) is 11.3. The van der Waals surface area contributed by atoms with E-state index >= 15 is 0 Å². The van der Waals surface area contributed by atoms with Crippen LogP contribution < -0.4 is 15.5 Å². The summed E-state index contributed by atoms with van der Waals surface area (Å²) < 4.78 is 13.5. The van der Waals surface area contributed by atoms with Crippen LogP contribution in [-0.2, 0) is 6.54 Å². The third-order valence-corrected chi connectivity index (χ3v) is 5.60. The first-order valence-electron chi connectivity index (χ1n) is 11.3. The Morgan fingerprint density at radius 3 is 2.26 bits per heavy atom. The van der Waals surface area contributed by atoms with Gasteiger partial charge in [-0.25, -0.2) is 9.18 Å². The number of carbonyl (C=O) groups is 2. The molecule has 1 atom stereocenters. The zero-order chi connectivity index (χ0) is 24.7. The molecule has 34 heavy (non-hydrogen) atoms. The van der Waals surface area contributed by atoms with Gasteiger partial charge >= 0.3 is 6.03 Å². The molecule has 0 saturated heterocycles. The van der Waals surface area contributed by atoms with Gasteiger partial charge in [-0.3, -0.25) is 4.79 Å². The summed E-state index contributed by atoms with van der Waals surface area (Å²) in [5.41, 5.74) is 3.83. The molecule has 0 aliphatic rings. The van der Waals surface area contributed by atoms with E-state index in [2.05, 4.69) is 10.6 Å². The molecular formula is C27H31FN4O2. The number of amides is 3. The van der Waals surface area contributed by atoms with Crippen LogP contribution in [0.4, 0.5) is 20.6 Å². The highest BCUT2D eigenvalue weighted by atomic mass is 19.1. The largest absolute Gasteiger partial charge is 0.377 e. The molecule has 0 unspecified atom stereocenters. The number of rotatable bonds is 8. The fourth-order valence-electron chi connectivity index (χ4n) is 3.80. The quantitative estimate of drug-likeness (QED) is 0.469. The molecule has 3 rings (SSSR count). The lowest BCUT2D eigenvalue weighted by molar-refractivity contribution is 0.0674. The highest BCUT2D eigenvalue weighted by Gasteiger charge is 2.24. The van der Waals surface area contributed by atoms with Crippen molar-refractivity contribution in [3.63, 3.8) is 0 Å². The summed E-state index contributed by atoms with van der Waals surface area (Å²) in [7, 11) is 3.87. The highest BCUT2D eigenvalue weighted by Crippen LogP contribution is 2.30. The average molecular weight is 463 g/mol. The third-order valence-electron chi connectivity index (χ3n) is 5.60. The van der Waals surface area contributed by atoms with Crippen molar-refractivity contribution in [3.05, 3.63) is 95.3 Å². The maximum Gasteiger partial charge on any atom is 0.319 e. The molecule has 3 aromatic carbocycles. The number of anilines is 2. The SMILES string of the molecule is CCNC(=O)Nc1ccc(N(C)C)c(CN(C(=O)c2ccc(F)cc2)[C@H](C)c2ccccc2)c1. The Morgan fingerprint density at radius 1 is 0.971 bits per heavy atom. The highest BCUT2D eigenvalue weighted by molar-refractivity contribution is 5.94. The second-order valence-corrected chi connectivity index (χ2v) is 8.25. The van der Waals surface area contributed by atoms with Gasteiger partial charge in [-0.05, 0) is 67.4 Å². The lowest BCUT2D eigenvalue weighted by Crippen LogP contribution is -2.34. The zero-order valence-corrected chi connectivity index (χ0v) is 20.0. The fraction of sp³-hybridized carbons (Fsp3) is 0.259. The summed E-state index contributed by atoms with van der Waals surface area (Å²) in [5, 5.41) is 5.56. The topological polar surface area (TPSA) is 64.7 Å². The zero-order valence-electron chi connectivity index (χ0n) is 20.0. The minimum absolute atomic E-state index is 0.205. The summed E-state index contributed by atoms with van der Waals surface area (Å²) >= 11 is 0. The van der Waals surface area contributed by atoms with E-state index in [1.165, 1.54) is 24.3 Å². The Balaban J connectivity index is 2.01. The minimum Gasteiger partial charge on any atom is -0.377 e. The number of benzene rings is 3. The molecule has 0 fully saturated rings. The van der Waals surface area contributed by atoms with Crippen molar-refractivity contribution in [1.29, 1.82) is 0 Å². The molecule has 0 aliphatic carbocycles. The van der Waals surface area contributed by atoms with Gasteiger partial charge in [0.2, 0.25) is 0 Å². The Bertz CT molecular complexity index is 1120.